The molecule has 1 aliphatic heterocycles. The third kappa shape index (κ3) is 2.91. The molecule has 8 heteroatoms. The molecule has 0 spiro atoms. The minimum atomic E-state index is -0.658. The number of aromatic hydroxyl groups is 1. The van der Waals surface area contributed by atoms with E-state index in [-0.39, 0.29) is 17.1 Å². The first kappa shape index (κ1) is 13.1. The molecule has 0 unspecified atom stereocenters. The first-order valence-corrected chi connectivity index (χ1v) is 5.69. The molecule has 0 atom stereocenters. The molecule has 1 heterocycles. The van der Waals surface area contributed by atoms with Crippen LogP contribution in [0.4, 0.5) is 16.2 Å². The van der Waals surface area contributed by atoms with Crippen LogP contribution in [0.25, 0.3) is 0 Å². The van der Waals surface area contributed by atoms with Crippen LogP contribution >= 0.6 is 0 Å². The van der Waals surface area contributed by atoms with Gasteiger partial charge in [-0.1, -0.05) is 6.07 Å². The van der Waals surface area contributed by atoms with E-state index >= 15 is 0 Å². The molecule has 0 radical (unpaired) electrons. The summed E-state index contributed by atoms with van der Waals surface area (Å²) in [7, 11) is 0. The number of carbonyl (C=O) groups excluding carboxylic acids is 1. The molecule has 0 bridgehead atoms. The van der Waals surface area contributed by atoms with Crippen molar-refractivity contribution in [3.63, 3.8) is 0 Å². The van der Waals surface area contributed by atoms with Gasteiger partial charge in [-0.25, -0.2) is 4.79 Å². The van der Waals surface area contributed by atoms with Gasteiger partial charge in [0.2, 0.25) is 0 Å². The predicted octanol–water partition coefficient (Wildman–Crippen LogP) is 1.16. The highest BCUT2D eigenvalue weighted by molar-refractivity contribution is 5.93. The average molecular weight is 267 g/mol. The summed E-state index contributed by atoms with van der Waals surface area (Å²) in [5, 5.41) is 22.8. The second-order valence-corrected chi connectivity index (χ2v) is 3.96. The molecule has 2 N–H and O–H groups in total. The molecule has 2 amide bonds. The molecular formula is C11H13N3O5. The number of hydrogen-bond donors (Lipinski definition) is 2. The van der Waals surface area contributed by atoms with Gasteiger partial charge in [-0.2, -0.15) is 0 Å². The third-order valence-electron chi connectivity index (χ3n) is 2.75. The zero-order valence-electron chi connectivity index (χ0n) is 10.0. The minimum absolute atomic E-state index is 0.191. The molecule has 2 rings (SSSR count). The van der Waals surface area contributed by atoms with E-state index in [1.165, 1.54) is 23.1 Å². The quantitative estimate of drug-likeness (QED) is 0.475. The number of nitro benzene ring substituents is 1. The standard InChI is InChI=1S/C11H13N3O5/c15-9-3-1-2-8(14(17)18)10(9)12-11(16)13-4-6-19-7-5-13/h1-3,15H,4-7H2,(H,12,16). The highest BCUT2D eigenvalue weighted by Gasteiger charge is 2.23. The van der Waals surface area contributed by atoms with Crippen molar-refractivity contribution in [2.75, 3.05) is 31.6 Å². The summed E-state index contributed by atoms with van der Waals surface area (Å²) in [6.45, 7) is 1.67. The Labute approximate surface area is 108 Å². The van der Waals surface area contributed by atoms with Crippen LogP contribution in [0.2, 0.25) is 0 Å². The number of para-hydroxylation sites is 1. The lowest BCUT2D eigenvalue weighted by atomic mass is 10.2. The number of morpholine rings is 1. The topological polar surface area (TPSA) is 105 Å². The maximum Gasteiger partial charge on any atom is 0.322 e. The van der Waals surface area contributed by atoms with Crippen molar-refractivity contribution < 1.29 is 19.6 Å². The predicted molar refractivity (Wildman–Crippen MR) is 66.2 cm³/mol. The number of phenolic OH excluding ortho intramolecular Hbond substituents is 1. The van der Waals surface area contributed by atoms with Crippen molar-refractivity contribution in [1.29, 1.82) is 0 Å². The molecule has 1 aliphatic rings. The fourth-order valence-corrected chi connectivity index (χ4v) is 1.76. The van der Waals surface area contributed by atoms with E-state index in [9.17, 15) is 20.0 Å². The minimum Gasteiger partial charge on any atom is -0.505 e. The van der Waals surface area contributed by atoms with Crippen LogP contribution in [0.5, 0.6) is 5.75 Å². The Balaban J connectivity index is 2.18. The Bertz CT molecular complexity index is 499. The van der Waals surface area contributed by atoms with Gasteiger partial charge < -0.3 is 14.7 Å². The fourth-order valence-electron chi connectivity index (χ4n) is 1.76. The molecular weight excluding hydrogens is 254 g/mol. The molecule has 19 heavy (non-hydrogen) atoms. The maximum absolute atomic E-state index is 11.9. The maximum atomic E-state index is 11.9. The summed E-state index contributed by atoms with van der Waals surface area (Å²) >= 11 is 0. The highest BCUT2D eigenvalue weighted by Crippen LogP contribution is 2.33. The van der Waals surface area contributed by atoms with Crippen LogP contribution in [-0.2, 0) is 4.74 Å². The summed E-state index contributed by atoms with van der Waals surface area (Å²) in [5.74, 6) is -0.337. The summed E-state index contributed by atoms with van der Waals surface area (Å²) in [6.07, 6.45) is 0. The summed E-state index contributed by atoms with van der Waals surface area (Å²) in [6, 6.07) is 3.35. The van der Waals surface area contributed by atoms with Crippen LogP contribution in [0.1, 0.15) is 0 Å². The zero-order valence-corrected chi connectivity index (χ0v) is 10.0. The number of nitrogens with zero attached hydrogens (tertiary/aromatic N) is 2. The Hall–Kier alpha value is -2.35. The number of amides is 2. The van der Waals surface area contributed by atoms with Crippen molar-refractivity contribution in [3.05, 3.63) is 28.3 Å². The van der Waals surface area contributed by atoms with Crippen LogP contribution in [-0.4, -0.2) is 47.3 Å². The van der Waals surface area contributed by atoms with E-state index in [1.807, 2.05) is 0 Å². The van der Waals surface area contributed by atoms with Gasteiger partial charge in [0, 0.05) is 19.2 Å². The lowest BCUT2D eigenvalue weighted by molar-refractivity contribution is -0.384. The number of anilines is 1. The van der Waals surface area contributed by atoms with E-state index < -0.39 is 11.0 Å². The molecule has 8 nitrogen and oxygen atoms in total. The number of nitro groups is 1. The Kier molecular flexibility index (Phi) is 3.81. The SMILES string of the molecule is O=C(Nc1c(O)cccc1[N+](=O)[O-])N1CCOCC1. The normalized spacial score (nSPS) is 15.1. The van der Waals surface area contributed by atoms with Crippen molar-refractivity contribution >= 4 is 17.4 Å². The number of ether oxygens (including phenoxy) is 1. The fraction of sp³-hybridized carbons (Fsp3) is 0.364. The lowest BCUT2D eigenvalue weighted by Gasteiger charge is -2.26. The van der Waals surface area contributed by atoms with Gasteiger partial charge in [-0.3, -0.25) is 15.4 Å². The van der Waals surface area contributed by atoms with Gasteiger partial charge in [0.05, 0.1) is 18.1 Å². The van der Waals surface area contributed by atoms with E-state index in [0.717, 1.165) is 0 Å². The van der Waals surface area contributed by atoms with Crippen LogP contribution in [0, 0.1) is 10.1 Å². The number of nitrogens with one attached hydrogen (secondary N) is 1. The number of rotatable bonds is 2. The van der Waals surface area contributed by atoms with Gasteiger partial charge in [-0.15, -0.1) is 0 Å². The smallest absolute Gasteiger partial charge is 0.322 e. The van der Waals surface area contributed by atoms with Crippen LogP contribution in [0.3, 0.4) is 0 Å². The van der Waals surface area contributed by atoms with Crippen LogP contribution < -0.4 is 5.32 Å². The monoisotopic (exact) mass is 267 g/mol. The second-order valence-electron chi connectivity index (χ2n) is 3.96. The first-order chi connectivity index (χ1) is 9.09. The van der Waals surface area contributed by atoms with E-state index in [2.05, 4.69) is 5.32 Å². The molecule has 1 saturated heterocycles. The number of urea groups is 1. The number of hydrogen-bond acceptors (Lipinski definition) is 5. The summed E-state index contributed by atoms with van der Waals surface area (Å²) < 4.78 is 5.11. The number of phenols is 1. The van der Waals surface area contributed by atoms with E-state index in [4.69, 9.17) is 4.74 Å². The Morgan fingerprint density at radius 1 is 1.42 bits per heavy atom. The van der Waals surface area contributed by atoms with Gasteiger partial charge >= 0.3 is 6.03 Å². The average Bonchev–Trinajstić information content (AvgIpc) is 2.41. The van der Waals surface area contributed by atoms with Gasteiger partial charge in [-0.05, 0) is 6.07 Å². The highest BCUT2D eigenvalue weighted by atomic mass is 16.6. The molecule has 0 aliphatic carbocycles. The molecule has 1 aromatic carbocycles. The largest absolute Gasteiger partial charge is 0.505 e. The third-order valence-corrected chi connectivity index (χ3v) is 2.75. The number of benzene rings is 1. The zero-order chi connectivity index (χ0) is 13.8. The van der Waals surface area contributed by atoms with Crippen molar-refractivity contribution in [2.45, 2.75) is 0 Å². The summed E-state index contributed by atoms with van der Waals surface area (Å²) in [5.41, 5.74) is -0.536. The molecule has 0 saturated carbocycles. The van der Waals surface area contributed by atoms with Crippen molar-refractivity contribution in [2.24, 2.45) is 0 Å². The molecule has 0 aromatic heterocycles. The van der Waals surface area contributed by atoms with Crippen molar-refractivity contribution in [3.8, 4) is 5.75 Å². The first-order valence-electron chi connectivity index (χ1n) is 5.69. The van der Waals surface area contributed by atoms with E-state index in [0.29, 0.717) is 26.3 Å². The van der Waals surface area contributed by atoms with Gasteiger partial charge in [0.25, 0.3) is 5.69 Å². The Morgan fingerprint density at radius 3 is 2.74 bits per heavy atom. The summed E-state index contributed by atoms with van der Waals surface area (Å²) in [4.78, 5) is 23.6. The van der Waals surface area contributed by atoms with E-state index in [1.54, 1.807) is 0 Å². The van der Waals surface area contributed by atoms with Gasteiger partial charge in [0.1, 0.15) is 5.75 Å². The number of carbonyl (C=O) groups is 1. The lowest BCUT2D eigenvalue weighted by Crippen LogP contribution is -2.43. The van der Waals surface area contributed by atoms with Crippen molar-refractivity contribution in [1.82, 2.24) is 4.90 Å². The van der Waals surface area contributed by atoms with Crippen LogP contribution in [0.15, 0.2) is 18.2 Å². The molecule has 102 valence electrons. The van der Waals surface area contributed by atoms with Gasteiger partial charge in [0.15, 0.2) is 5.69 Å². The second kappa shape index (κ2) is 5.53. The molecule has 1 fully saturated rings. The Morgan fingerprint density at radius 2 is 2.11 bits per heavy atom. The molecule has 1 aromatic rings.